The van der Waals surface area contributed by atoms with Crippen LogP contribution in [0.3, 0.4) is 0 Å². The molecule has 0 saturated heterocycles. The monoisotopic (exact) mass is 334 g/mol. The largest absolute Gasteiger partial charge is 0.444 e. The molecule has 2 N–H and O–H groups in total. The SMILES string of the molecule is CC(C)(C)OC(=O)NCC1CCCC1NCCCS(C)(=O)=O. The van der Waals surface area contributed by atoms with Gasteiger partial charge in [-0.3, -0.25) is 0 Å². The second-order valence-corrected chi connectivity index (χ2v) is 9.38. The van der Waals surface area contributed by atoms with E-state index in [0.29, 0.717) is 31.5 Å². The lowest BCUT2D eigenvalue weighted by atomic mass is 10.0. The standard InChI is InChI=1S/C15H30N2O4S/c1-15(2,3)21-14(18)17-11-12-7-5-8-13(12)16-9-6-10-22(4,19)20/h12-13,16H,5-11H2,1-4H3,(H,17,18). The molecule has 1 aliphatic carbocycles. The maximum atomic E-state index is 11.7. The van der Waals surface area contributed by atoms with Gasteiger partial charge in [0, 0.05) is 18.8 Å². The molecule has 130 valence electrons. The number of ether oxygens (including phenoxy) is 1. The van der Waals surface area contributed by atoms with E-state index in [1.165, 1.54) is 6.26 Å². The van der Waals surface area contributed by atoms with Crippen LogP contribution in [0.25, 0.3) is 0 Å². The van der Waals surface area contributed by atoms with Crippen LogP contribution in [0, 0.1) is 5.92 Å². The summed E-state index contributed by atoms with van der Waals surface area (Å²) in [5, 5.41) is 6.25. The van der Waals surface area contributed by atoms with Crippen LogP contribution < -0.4 is 10.6 Å². The van der Waals surface area contributed by atoms with Crippen molar-refractivity contribution in [1.29, 1.82) is 0 Å². The summed E-state index contributed by atoms with van der Waals surface area (Å²) in [5.41, 5.74) is -0.483. The van der Waals surface area contributed by atoms with Crippen LogP contribution in [0.4, 0.5) is 4.79 Å². The fraction of sp³-hybridized carbons (Fsp3) is 0.933. The quantitative estimate of drug-likeness (QED) is 0.692. The van der Waals surface area contributed by atoms with Crippen molar-refractivity contribution in [3.63, 3.8) is 0 Å². The van der Waals surface area contributed by atoms with Gasteiger partial charge in [-0.25, -0.2) is 13.2 Å². The van der Waals surface area contributed by atoms with Crippen LogP contribution in [0.15, 0.2) is 0 Å². The first-order chi connectivity index (χ1) is 10.1. The fourth-order valence-electron chi connectivity index (χ4n) is 2.70. The van der Waals surface area contributed by atoms with Gasteiger partial charge < -0.3 is 15.4 Å². The Labute approximate surface area is 134 Å². The number of nitrogens with one attached hydrogen (secondary N) is 2. The van der Waals surface area contributed by atoms with Gasteiger partial charge in [0.1, 0.15) is 15.4 Å². The van der Waals surface area contributed by atoms with E-state index in [1.807, 2.05) is 20.8 Å². The summed E-state index contributed by atoms with van der Waals surface area (Å²) in [6.45, 7) is 6.82. The summed E-state index contributed by atoms with van der Waals surface area (Å²) in [5.74, 6) is 0.596. The van der Waals surface area contributed by atoms with Crippen molar-refractivity contribution in [1.82, 2.24) is 10.6 Å². The molecule has 0 aromatic heterocycles. The first kappa shape index (κ1) is 19.2. The number of rotatable bonds is 7. The molecular formula is C15H30N2O4S. The predicted molar refractivity (Wildman–Crippen MR) is 87.7 cm³/mol. The average molecular weight is 334 g/mol. The molecule has 0 heterocycles. The van der Waals surface area contributed by atoms with Gasteiger partial charge in [0.2, 0.25) is 0 Å². The van der Waals surface area contributed by atoms with E-state index in [9.17, 15) is 13.2 Å². The zero-order valence-corrected chi connectivity index (χ0v) is 15.0. The van der Waals surface area contributed by atoms with Crippen molar-refractivity contribution in [2.24, 2.45) is 5.92 Å². The normalized spacial score (nSPS) is 22.5. The number of hydrogen-bond acceptors (Lipinski definition) is 5. The third-order valence-electron chi connectivity index (χ3n) is 3.66. The molecule has 0 radical (unpaired) electrons. The lowest BCUT2D eigenvalue weighted by Gasteiger charge is -2.23. The molecule has 0 bridgehead atoms. The average Bonchev–Trinajstić information content (AvgIpc) is 2.76. The van der Waals surface area contributed by atoms with Gasteiger partial charge in [0.05, 0.1) is 5.75 Å². The summed E-state index contributed by atoms with van der Waals surface area (Å²) >= 11 is 0. The fourth-order valence-corrected chi connectivity index (χ4v) is 3.37. The lowest BCUT2D eigenvalue weighted by molar-refractivity contribution is 0.0517. The van der Waals surface area contributed by atoms with E-state index in [0.717, 1.165) is 19.3 Å². The zero-order chi connectivity index (χ0) is 16.8. The number of amides is 1. The predicted octanol–water partition coefficient (Wildman–Crippen LogP) is 1.70. The Morgan fingerprint density at radius 2 is 1.95 bits per heavy atom. The Morgan fingerprint density at radius 1 is 1.27 bits per heavy atom. The van der Waals surface area contributed by atoms with Crippen molar-refractivity contribution in [3.8, 4) is 0 Å². The molecule has 1 fully saturated rings. The van der Waals surface area contributed by atoms with Gasteiger partial charge in [0.25, 0.3) is 0 Å². The van der Waals surface area contributed by atoms with Crippen LogP contribution in [-0.4, -0.2) is 51.3 Å². The highest BCUT2D eigenvalue weighted by molar-refractivity contribution is 7.90. The van der Waals surface area contributed by atoms with Crippen molar-refractivity contribution in [2.75, 3.05) is 25.1 Å². The highest BCUT2D eigenvalue weighted by Crippen LogP contribution is 2.25. The molecule has 7 heteroatoms. The lowest BCUT2D eigenvalue weighted by Crippen LogP contribution is -2.41. The molecule has 0 spiro atoms. The van der Waals surface area contributed by atoms with E-state index >= 15 is 0 Å². The van der Waals surface area contributed by atoms with E-state index in [1.54, 1.807) is 0 Å². The highest BCUT2D eigenvalue weighted by atomic mass is 32.2. The molecule has 1 amide bonds. The number of hydrogen-bond donors (Lipinski definition) is 2. The second kappa shape index (κ2) is 8.15. The Hall–Kier alpha value is -0.820. The van der Waals surface area contributed by atoms with Gasteiger partial charge in [0.15, 0.2) is 0 Å². The van der Waals surface area contributed by atoms with Crippen molar-refractivity contribution in [3.05, 3.63) is 0 Å². The van der Waals surface area contributed by atoms with Crippen molar-refractivity contribution in [2.45, 2.75) is 58.1 Å². The second-order valence-electron chi connectivity index (χ2n) is 7.12. The van der Waals surface area contributed by atoms with Gasteiger partial charge in [-0.1, -0.05) is 6.42 Å². The van der Waals surface area contributed by atoms with E-state index < -0.39 is 15.4 Å². The molecule has 2 atom stereocenters. The van der Waals surface area contributed by atoms with Crippen molar-refractivity contribution >= 4 is 15.9 Å². The smallest absolute Gasteiger partial charge is 0.407 e. The molecule has 6 nitrogen and oxygen atoms in total. The third-order valence-corrected chi connectivity index (χ3v) is 4.70. The summed E-state index contributed by atoms with van der Waals surface area (Å²) in [7, 11) is -2.89. The van der Waals surface area contributed by atoms with Gasteiger partial charge in [-0.05, 0) is 52.5 Å². The zero-order valence-electron chi connectivity index (χ0n) is 14.1. The highest BCUT2D eigenvalue weighted by Gasteiger charge is 2.27. The van der Waals surface area contributed by atoms with Gasteiger partial charge in [-0.2, -0.15) is 0 Å². The molecular weight excluding hydrogens is 304 g/mol. The Kier molecular flexibility index (Phi) is 7.12. The maximum Gasteiger partial charge on any atom is 0.407 e. The molecule has 0 aromatic carbocycles. The minimum atomic E-state index is -2.89. The molecule has 0 aromatic rings. The van der Waals surface area contributed by atoms with Crippen LogP contribution in [-0.2, 0) is 14.6 Å². The van der Waals surface area contributed by atoms with Crippen molar-refractivity contribution < 1.29 is 17.9 Å². The summed E-state index contributed by atoms with van der Waals surface area (Å²) in [4.78, 5) is 11.7. The Bertz CT molecular complexity index is 457. The van der Waals surface area contributed by atoms with Gasteiger partial charge in [-0.15, -0.1) is 0 Å². The number of alkyl carbamates (subject to hydrolysis) is 1. The topological polar surface area (TPSA) is 84.5 Å². The van der Waals surface area contributed by atoms with E-state index in [4.69, 9.17) is 4.74 Å². The van der Waals surface area contributed by atoms with Crippen LogP contribution in [0.2, 0.25) is 0 Å². The minimum absolute atomic E-state index is 0.216. The molecule has 22 heavy (non-hydrogen) atoms. The summed E-state index contributed by atoms with van der Waals surface area (Å²) in [6, 6.07) is 0.342. The minimum Gasteiger partial charge on any atom is -0.444 e. The first-order valence-corrected chi connectivity index (χ1v) is 10.0. The molecule has 1 saturated carbocycles. The van der Waals surface area contributed by atoms with Crippen LogP contribution in [0.5, 0.6) is 0 Å². The molecule has 2 unspecified atom stereocenters. The van der Waals surface area contributed by atoms with Crippen LogP contribution >= 0.6 is 0 Å². The molecule has 0 aliphatic heterocycles. The number of carbonyl (C=O) groups excluding carboxylic acids is 1. The third kappa shape index (κ3) is 8.58. The number of carbonyl (C=O) groups is 1. The number of sulfone groups is 1. The van der Waals surface area contributed by atoms with E-state index in [2.05, 4.69) is 10.6 Å². The van der Waals surface area contributed by atoms with E-state index in [-0.39, 0.29) is 11.8 Å². The summed E-state index contributed by atoms with van der Waals surface area (Å²) in [6.07, 6.45) is 4.77. The molecule has 1 aliphatic rings. The van der Waals surface area contributed by atoms with Crippen LogP contribution in [0.1, 0.15) is 46.5 Å². The Balaban J connectivity index is 2.27. The molecule has 1 rings (SSSR count). The first-order valence-electron chi connectivity index (χ1n) is 7.95. The van der Waals surface area contributed by atoms with Gasteiger partial charge >= 0.3 is 6.09 Å². The maximum absolute atomic E-state index is 11.7. The Morgan fingerprint density at radius 3 is 2.55 bits per heavy atom. The summed E-state index contributed by atoms with van der Waals surface area (Å²) < 4.78 is 27.4.